The van der Waals surface area contributed by atoms with Gasteiger partial charge in [0, 0.05) is 32.9 Å². The molecule has 0 heterocycles. The minimum Gasteiger partial charge on any atom is -0.392 e. The van der Waals surface area contributed by atoms with Crippen LogP contribution in [0.2, 0.25) is 20.1 Å². The molecule has 2 aromatic rings. The van der Waals surface area contributed by atoms with Crippen LogP contribution in [0, 0.1) is 0 Å². The Bertz CT molecular complexity index is 519. The zero-order chi connectivity index (χ0) is 14.7. The molecule has 1 N–H and O–H groups in total. The van der Waals surface area contributed by atoms with E-state index in [1.54, 1.807) is 36.4 Å². The Balaban J connectivity index is 2.15. The molecule has 5 heteroatoms. The van der Waals surface area contributed by atoms with Crippen molar-refractivity contribution < 1.29 is 5.11 Å². The van der Waals surface area contributed by atoms with Crippen molar-refractivity contribution >= 4 is 46.4 Å². The number of hydrogen-bond acceptors (Lipinski definition) is 1. The molecule has 0 saturated heterocycles. The standard InChI is InChI=1S/C15H12Cl4O/c16-12-3-1-4-13(17)10(12)7-9(20)8-11-14(18)5-2-6-15(11)19/h1-6,9,20H,7-8H2. The summed E-state index contributed by atoms with van der Waals surface area (Å²) in [5, 5.41) is 12.4. The third kappa shape index (κ3) is 3.81. The first-order chi connectivity index (χ1) is 9.49. The lowest BCUT2D eigenvalue weighted by atomic mass is 10.0. The molecule has 0 aliphatic heterocycles. The lowest BCUT2D eigenvalue weighted by Gasteiger charge is -2.15. The molecule has 0 fully saturated rings. The Kier molecular flexibility index (Phi) is 5.59. The molecule has 0 saturated carbocycles. The van der Waals surface area contributed by atoms with Gasteiger partial charge in [-0.2, -0.15) is 0 Å². The first kappa shape index (κ1) is 15.9. The first-order valence-electron chi connectivity index (χ1n) is 6.03. The molecule has 2 rings (SSSR count). The third-order valence-corrected chi connectivity index (χ3v) is 4.42. The van der Waals surface area contributed by atoms with Crippen molar-refractivity contribution in [1.29, 1.82) is 0 Å². The normalized spacial score (nSPS) is 11.1. The lowest BCUT2D eigenvalue weighted by Crippen LogP contribution is -2.15. The molecule has 0 aliphatic carbocycles. The van der Waals surface area contributed by atoms with E-state index in [9.17, 15) is 5.11 Å². The summed E-state index contributed by atoms with van der Waals surface area (Å²) in [6, 6.07) is 10.5. The van der Waals surface area contributed by atoms with Crippen LogP contribution in [-0.4, -0.2) is 11.2 Å². The Morgan fingerprint density at radius 1 is 0.700 bits per heavy atom. The topological polar surface area (TPSA) is 20.2 Å². The van der Waals surface area contributed by atoms with Crippen LogP contribution in [0.5, 0.6) is 0 Å². The molecule has 2 aromatic carbocycles. The maximum Gasteiger partial charge on any atom is 0.0623 e. The van der Waals surface area contributed by atoms with E-state index in [0.29, 0.717) is 32.9 Å². The monoisotopic (exact) mass is 348 g/mol. The quantitative estimate of drug-likeness (QED) is 0.778. The lowest BCUT2D eigenvalue weighted by molar-refractivity contribution is 0.175. The van der Waals surface area contributed by atoms with Crippen molar-refractivity contribution in [2.24, 2.45) is 0 Å². The molecular weight excluding hydrogens is 338 g/mol. The highest BCUT2D eigenvalue weighted by Crippen LogP contribution is 2.29. The summed E-state index contributed by atoms with van der Waals surface area (Å²) < 4.78 is 0. The fourth-order valence-electron chi connectivity index (χ4n) is 2.00. The van der Waals surface area contributed by atoms with E-state index in [1.165, 1.54) is 0 Å². The van der Waals surface area contributed by atoms with Crippen LogP contribution in [0.4, 0.5) is 0 Å². The van der Waals surface area contributed by atoms with Crippen molar-refractivity contribution in [1.82, 2.24) is 0 Å². The maximum atomic E-state index is 10.2. The second-order valence-corrected chi connectivity index (χ2v) is 6.09. The zero-order valence-electron chi connectivity index (χ0n) is 10.4. The van der Waals surface area contributed by atoms with Gasteiger partial charge in [0.05, 0.1) is 6.10 Å². The molecule has 0 radical (unpaired) electrons. The fraction of sp³-hybridized carbons (Fsp3) is 0.200. The Morgan fingerprint density at radius 3 is 1.30 bits per heavy atom. The minimum atomic E-state index is -0.662. The zero-order valence-corrected chi connectivity index (χ0v) is 13.4. The number of rotatable bonds is 4. The van der Waals surface area contributed by atoms with Gasteiger partial charge in [0.1, 0.15) is 0 Å². The molecule has 0 atom stereocenters. The average Bonchev–Trinajstić information content (AvgIpc) is 2.39. The highest BCUT2D eigenvalue weighted by atomic mass is 35.5. The molecule has 0 unspecified atom stereocenters. The molecule has 0 aromatic heterocycles. The molecule has 0 spiro atoms. The number of aliphatic hydroxyl groups excluding tert-OH is 1. The van der Waals surface area contributed by atoms with Crippen LogP contribution < -0.4 is 0 Å². The van der Waals surface area contributed by atoms with Gasteiger partial charge in [-0.1, -0.05) is 58.5 Å². The molecule has 0 amide bonds. The van der Waals surface area contributed by atoms with Gasteiger partial charge in [-0.05, 0) is 35.4 Å². The van der Waals surface area contributed by atoms with Gasteiger partial charge in [0.25, 0.3) is 0 Å². The smallest absolute Gasteiger partial charge is 0.0623 e. The van der Waals surface area contributed by atoms with Gasteiger partial charge in [-0.3, -0.25) is 0 Å². The largest absolute Gasteiger partial charge is 0.392 e. The van der Waals surface area contributed by atoms with Crippen molar-refractivity contribution in [3.05, 3.63) is 67.6 Å². The average molecular weight is 350 g/mol. The van der Waals surface area contributed by atoms with Gasteiger partial charge in [-0.25, -0.2) is 0 Å². The van der Waals surface area contributed by atoms with E-state index < -0.39 is 6.10 Å². The minimum absolute atomic E-state index is 0.347. The second kappa shape index (κ2) is 7.02. The second-order valence-electron chi connectivity index (χ2n) is 4.46. The molecule has 0 bridgehead atoms. The summed E-state index contributed by atoms with van der Waals surface area (Å²) in [6.07, 6.45) is 0.0323. The van der Waals surface area contributed by atoms with Crippen molar-refractivity contribution in [3.8, 4) is 0 Å². The van der Waals surface area contributed by atoms with Crippen LogP contribution in [0.3, 0.4) is 0 Å². The van der Waals surface area contributed by atoms with Crippen LogP contribution in [0.25, 0.3) is 0 Å². The van der Waals surface area contributed by atoms with Gasteiger partial charge >= 0.3 is 0 Å². The summed E-state index contributed by atoms with van der Waals surface area (Å²) in [4.78, 5) is 0. The Hall–Kier alpha value is -0.440. The summed E-state index contributed by atoms with van der Waals surface area (Å²) in [5.74, 6) is 0. The van der Waals surface area contributed by atoms with Gasteiger partial charge in [0.2, 0.25) is 0 Å². The molecule has 0 aliphatic rings. The van der Waals surface area contributed by atoms with Crippen molar-refractivity contribution in [3.63, 3.8) is 0 Å². The van der Waals surface area contributed by atoms with E-state index in [0.717, 1.165) is 11.1 Å². The molecule has 1 nitrogen and oxygen atoms in total. The molecule has 20 heavy (non-hydrogen) atoms. The summed E-state index contributed by atoms with van der Waals surface area (Å²) in [6.45, 7) is 0. The van der Waals surface area contributed by atoms with Crippen LogP contribution in [0.15, 0.2) is 36.4 Å². The fourth-order valence-corrected chi connectivity index (χ4v) is 3.10. The van der Waals surface area contributed by atoms with E-state index in [1.807, 2.05) is 0 Å². The number of benzene rings is 2. The van der Waals surface area contributed by atoms with E-state index in [-0.39, 0.29) is 0 Å². The first-order valence-corrected chi connectivity index (χ1v) is 7.54. The van der Waals surface area contributed by atoms with E-state index >= 15 is 0 Å². The van der Waals surface area contributed by atoms with Crippen molar-refractivity contribution in [2.45, 2.75) is 18.9 Å². The van der Waals surface area contributed by atoms with E-state index in [4.69, 9.17) is 46.4 Å². The van der Waals surface area contributed by atoms with Crippen LogP contribution in [-0.2, 0) is 12.8 Å². The SMILES string of the molecule is OC(Cc1c(Cl)cccc1Cl)Cc1c(Cl)cccc1Cl. The van der Waals surface area contributed by atoms with Crippen LogP contribution >= 0.6 is 46.4 Å². The van der Waals surface area contributed by atoms with Crippen LogP contribution in [0.1, 0.15) is 11.1 Å². The Labute approximate surface area is 138 Å². The highest BCUT2D eigenvalue weighted by molar-refractivity contribution is 6.36. The van der Waals surface area contributed by atoms with Gasteiger partial charge in [0.15, 0.2) is 0 Å². The number of hydrogen-bond donors (Lipinski definition) is 1. The van der Waals surface area contributed by atoms with Crippen molar-refractivity contribution in [2.75, 3.05) is 0 Å². The highest BCUT2D eigenvalue weighted by Gasteiger charge is 2.15. The van der Waals surface area contributed by atoms with E-state index in [2.05, 4.69) is 0 Å². The summed E-state index contributed by atoms with van der Waals surface area (Å²) >= 11 is 24.4. The number of halogens is 4. The Morgan fingerprint density at radius 2 is 1.00 bits per heavy atom. The van der Waals surface area contributed by atoms with Gasteiger partial charge < -0.3 is 5.11 Å². The summed E-state index contributed by atoms with van der Waals surface area (Å²) in [5.41, 5.74) is 1.46. The predicted molar refractivity (Wildman–Crippen MR) is 86.3 cm³/mol. The number of aliphatic hydroxyl groups is 1. The summed E-state index contributed by atoms with van der Waals surface area (Å²) in [7, 11) is 0. The maximum absolute atomic E-state index is 10.2. The molecule has 106 valence electrons. The predicted octanol–water partition coefficient (Wildman–Crippen LogP) is 5.45. The molecular formula is C15H12Cl4O. The third-order valence-electron chi connectivity index (χ3n) is 3.00. The van der Waals surface area contributed by atoms with Gasteiger partial charge in [-0.15, -0.1) is 0 Å².